The Hall–Kier alpha value is -2.65. The molecule has 6 heteroatoms. The number of rotatable bonds is 3. The molecule has 0 atom stereocenters. The first kappa shape index (κ1) is 18.2. The predicted octanol–water partition coefficient (Wildman–Crippen LogP) is 1.93. The Morgan fingerprint density at radius 3 is 2.54 bits per heavy atom. The third-order valence-corrected chi connectivity index (χ3v) is 4.80. The van der Waals surface area contributed by atoms with Crippen molar-refractivity contribution < 1.29 is 4.79 Å². The largest absolute Gasteiger partial charge is 0.366 e. The summed E-state index contributed by atoms with van der Waals surface area (Å²) in [5, 5.41) is 10.6. The van der Waals surface area contributed by atoms with Gasteiger partial charge in [-0.1, -0.05) is 11.6 Å². The number of hydrogen-bond acceptors (Lipinski definition) is 5. The first-order valence-corrected chi connectivity index (χ1v) is 8.88. The number of carbonyl (C=O) groups is 1. The van der Waals surface area contributed by atoms with E-state index in [9.17, 15) is 10.1 Å². The molecular formula is C20H25N5O. The van der Waals surface area contributed by atoms with Crippen molar-refractivity contribution in [2.45, 2.75) is 13.8 Å². The summed E-state index contributed by atoms with van der Waals surface area (Å²) < 4.78 is 0. The predicted molar refractivity (Wildman–Crippen MR) is 103 cm³/mol. The van der Waals surface area contributed by atoms with Gasteiger partial charge in [0.1, 0.15) is 6.07 Å². The summed E-state index contributed by atoms with van der Waals surface area (Å²) in [6.45, 7) is 7.33. The molecule has 6 nitrogen and oxygen atoms in total. The van der Waals surface area contributed by atoms with Gasteiger partial charge in [0.2, 0.25) is 5.91 Å². The lowest BCUT2D eigenvalue weighted by Crippen LogP contribution is -2.51. The molecule has 3 rings (SSSR count). The Balaban J connectivity index is 1.92. The van der Waals surface area contributed by atoms with Crippen LogP contribution in [0.5, 0.6) is 0 Å². The number of likely N-dealkylation sites (N-methyl/N-ethyl adjacent to an activating group) is 1. The lowest BCUT2D eigenvalue weighted by molar-refractivity contribution is -0.132. The summed E-state index contributed by atoms with van der Waals surface area (Å²) >= 11 is 0. The maximum Gasteiger partial charge on any atom is 0.236 e. The molecule has 136 valence electrons. The van der Waals surface area contributed by atoms with Crippen LogP contribution < -0.4 is 4.90 Å². The minimum atomic E-state index is 0.154. The molecule has 0 N–H and O–H groups in total. The third kappa shape index (κ3) is 3.49. The summed E-state index contributed by atoms with van der Waals surface area (Å²) in [6.07, 6.45) is 1.67. The van der Waals surface area contributed by atoms with Gasteiger partial charge >= 0.3 is 0 Å². The van der Waals surface area contributed by atoms with Crippen LogP contribution in [0.1, 0.15) is 16.7 Å². The van der Waals surface area contributed by atoms with Crippen LogP contribution >= 0.6 is 0 Å². The molecule has 1 aliphatic heterocycles. The second-order valence-electron chi connectivity index (χ2n) is 7.22. The van der Waals surface area contributed by atoms with E-state index in [0.29, 0.717) is 25.2 Å². The maximum atomic E-state index is 12.3. The summed E-state index contributed by atoms with van der Waals surface area (Å²) in [4.78, 5) is 22.8. The Bertz CT molecular complexity index is 876. The first-order valence-electron chi connectivity index (χ1n) is 8.88. The number of nitriles is 1. The van der Waals surface area contributed by atoms with Crippen molar-refractivity contribution in [2.75, 3.05) is 51.7 Å². The zero-order valence-corrected chi connectivity index (χ0v) is 15.9. The fraction of sp³-hybridized carbons (Fsp3) is 0.450. The Morgan fingerprint density at radius 1 is 1.23 bits per heavy atom. The molecule has 1 aromatic heterocycles. The first-order chi connectivity index (χ1) is 12.4. The number of benzene rings is 1. The van der Waals surface area contributed by atoms with Crippen molar-refractivity contribution in [1.29, 1.82) is 5.26 Å². The van der Waals surface area contributed by atoms with Crippen LogP contribution in [0.25, 0.3) is 10.9 Å². The molecule has 26 heavy (non-hydrogen) atoms. The standard InChI is InChI=1S/C20H25N5O/c1-14-9-15(2)19-17(10-14)20(16(11-21)12-22-19)25-7-5-24(6-8-25)18(26)13-23(3)4/h9-10,12H,5-8,13H2,1-4H3. The highest BCUT2D eigenvalue weighted by Crippen LogP contribution is 2.32. The van der Waals surface area contributed by atoms with Crippen LogP contribution in [0, 0.1) is 25.2 Å². The SMILES string of the molecule is Cc1cc(C)c2ncc(C#N)c(N3CCN(C(=O)CN(C)C)CC3)c2c1. The molecule has 0 spiro atoms. The average Bonchev–Trinajstić information content (AvgIpc) is 2.60. The number of carbonyl (C=O) groups excluding carboxylic acids is 1. The van der Waals surface area contributed by atoms with Gasteiger partial charge in [-0.05, 0) is 39.6 Å². The highest BCUT2D eigenvalue weighted by molar-refractivity contribution is 5.96. The molecule has 1 fully saturated rings. The van der Waals surface area contributed by atoms with E-state index in [4.69, 9.17) is 0 Å². The molecular weight excluding hydrogens is 326 g/mol. The van der Waals surface area contributed by atoms with E-state index in [1.807, 2.05) is 23.9 Å². The van der Waals surface area contributed by atoms with E-state index < -0.39 is 0 Å². The quantitative estimate of drug-likeness (QED) is 0.845. The molecule has 0 bridgehead atoms. The zero-order valence-electron chi connectivity index (χ0n) is 15.9. The van der Waals surface area contributed by atoms with E-state index in [1.54, 1.807) is 6.20 Å². The number of amides is 1. The van der Waals surface area contributed by atoms with E-state index in [0.717, 1.165) is 40.8 Å². The molecule has 1 amide bonds. The van der Waals surface area contributed by atoms with Crippen LogP contribution in [-0.2, 0) is 4.79 Å². The molecule has 2 aromatic rings. The number of nitrogens with zero attached hydrogens (tertiary/aromatic N) is 5. The van der Waals surface area contributed by atoms with Crippen molar-refractivity contribution in [3.63, 3.8) is 0 Å². The monoisotopic (exact) mass is 351 g/mol. The Kier molecular flexibility index (Phi) is 5.10. The molecule has 2 heterocycles. The van der Waals surface area contributed by atoms with Gasteiger partial charge in [0, 0.05) is 37.8 Å². The van der Waals surface area contributed by atoms with Crippen molar-refractivity contribution in [3.05, 3.63) is 35.0 Å². The fourth-order valence-electron chi connectivity index (χ4n) is 3.62. The van der Waals surface area contributed by atoms with Gasteiger partial charge in [-0.3, -0.25) is 9.78 Å². The normalized spacial score (nSPS) is 14.8. The van der Waals surface area contributed by atoms with Gasteiger partial charge in [0.05, 0.1) is 23.3 Å². The van der Waals surface area contributed by atoms with E-state index in [-0.39, 0.29) is 5.91 Å². The van der Waals surface area contributed by atoms with Crippen molar-refractivity contribution in [2.24, 2.45) is 0 Å². The summed E-state index contributed by atoms with van der Waals surface area (Å²) in [5.74, 6) is 0.154. The molecule has 1 saturated heterocycles. The van der Waals surface area contributed by atoms with Gasteiger partial charge in [-0.15, -0.1) is 0 Å². The number of piperazine rings is 1. The minimum Gasteiger partial charge on any atom is -0.366 e. The second-order valence-corrected chi connectivity index (χ2v) is 7.22. The van der Waals surface area contributed by atoms with Gasteiger partial charge in [0.25, 0.3) is 0 Å². The van der Waals surface area contributed by atoms with Gasteiger partial charge in [0.15, 0.2) is 0 Å². The number of aryl methyl sites for hydroxylation is 2. The van der Waals surface area contributed by atoms with Gasteiger partial charge < -0.3 is 14.7 Å². The summed E-state index contributed by atoms with van der Waals surface area (Å²) in [5.41, 5.74) is 4.76. The van der Waals surface area contributed by atoms with Gasteiger partial charge in [-0.2, -0.15) is 5.26 Å². The van der Waals surface area contributed by atoms with Gasteiger partial charge in [-0.25, -0.2) is 0 Å². The molecule has 0 radical (unpaired) electrons. The number of fused-ring (bicyclic) bond motifs is 1. The number of hydrogen-bond donors (Lipinski definition) is 0. The number of aromatic nitrogens is 1. The highest BCUT2D eigenvalue weighted by Gasteiger charge is 2.24. The van der Waals surface area contributed by atoms with Crippen LogP contribution in [-0.4, -0.2) is 67.5 Å². The van der Waals surface area contributed by atoms with Crippen LogP contribution in [0.15, 0.2) is 18.3 Å². The molecule has 1 aromatic carbocycles. The summed E-state index contributed by atoms with van der Waals surface area (Å²) in [7, 11) is 3.81. The topological polar surface area (TPSA) is 63.5 Å². The third-order valence-electron chi connectivity index (χ3n) is 4.80. The van der Waals surface area contributed by atoms with E-state index in [1.165, 1.54) is 0 Å². The molecule has 1 aliphatic rings. The molecule has 0 aliphatic carbocycles. The maximum absolute atomic E-state index is 12.3. The lowest BCUT2D eigenvalue weighted by atomic mass is 10.0. The Morgan fingerprint density at radius 2 is 1.92 bits per heavy atom. The highest BCUT2D eigenvalue weighted by atomic mass is 16.2. The smallest absolute Gasteiger partial charge is 0.236 e. The zero-order chi connectivity index (χ0) is 18.8. The molecule has 0 saturated carbocycles. The fourth-order valence-corrected chi connectivity index (χ4v) is 3.62. The number of pyridine rings is 1. The van der Waals surface area contributed by atoms with E-state index in [2.05, 4.69) is 41.9 Å². The summed E-state index contributed by atoms with van der Waals surface area (Å²) in [6, 6.07) is 6.51. The molecule has 0 unspecified atom stereocenters. The number of anilines is 1. The van der Waals surface area contributed by atoms with Crippen LogP contribution in [0.2, 0.25) is 0 Å². The lowest BCUT2D eigenvalue weighted by Gasteiger charge is -2.37. The minimum absolute atomic E-state index is 0.154. The van der Waals surface area contributed by atoms with Crippen LogP contribution in [0.3, 0.4) is 0 Å². The second kappa shape index (κ2) is 7.30. The van der Waals surface area contributed by atoms with Crippen molar-refractivity contribution >= 4 is 22.5 Å². The van der Waals surface area contributed by atoms with E-state index >= 15 is 0 Å². The average molecular weight is 351 g/mol. The van der Waals surface area contributed by atoms with Crippen molar-refractivity contribution in [3.8, 4) is 6.07 Å². The van der Waals surface area contributed by atoms with Crippen molar-refractivity contribution in [1.82, 2.24) is 14.8 Å². The Labute approximate surface area is 154 Å². The van der Waals surface area contributed by atoms with Crippen LogP contribution in [0.4, 0.5) is 5.69 Å².